The lowest BCUT2D eigenvalue weighted by atomic mass is 10.1. The van der Waals surface area contributed by atoms with Gasteiger partial charge in [-0.25, -0.2) is 8.42 Å². The maximum atomic E-state index is 12.1. The fraction of sp³-hybridized carbons (Fsp3) is 0.588. The van der Waals surface area contributed by atoms with E-state index >= 15 is 0 Å². The molecule has 1 aromatic carbocycles. The van der Waals surface area contributed by atoms with Crippen LogP contribution in [0, 0.1) is 0 Å². The molecule has 140 valence electrons. The maximum Gasteiger partial charge on any atom is 0.235 e. The molecular weight excluding hydrogens is 342 g/mol. The second-order valence-electron chi connectivity index (χ2n) is 6.14. The van der Waals surface area contributed by atoms with E-state index in [1.165, 1.54) is 4.31 Å². The summed E-state index contributed by atoms with van der Waals surface area (Å²) in [5.74, 6) is -0.272. The van der Waals surface area contributed by atoms with Gasteiger partial charge in [-0.15, -0.1) is 0 Å². The second kappa shape index (κ2) is 9.86. The molecule has 25 heavy (non-hydrogen) atoms. The zero-order valence-corrected chi connectivity index (χ0v) is 15.5. The highest BCUT2D eigenvalue weighted by molar-refractivity contribution is 7.88. The molecular formula is C17H27N3O4S. The Balaban J connectivity index is 1.77. The number of hydrogen-bond acceptors (Lipinski definition) is 5. The molecule has 0 unspecified atom stereocenters. The van der Waals surface area contributed by atoms with Crippen LogP contribution in [-0.2, 0) is 26.0 Å². The van der Waals surface area contributed by atoms with Crippen LogP contribution in [0.2, 0.25) is 0 Å². The van der Waals surface area contributed by atoms with Gasteiger partial charge in [0.1, 0.15) is 0 Å². The molecule has 2 rings (SSSR count). The average molecular weight is 369 g/mol. The Morgan fingerprint density at radius 2 is 1.92 bits per heavy atom. The smallest absolute Gasteiger partial charge is 0.235 e. The molecule has 0 saturated carbocycles. The molecule has 1 N–H and O–H groups in total. The van der Waals surface area contributed by atoms with Crippen molar-refractivity contribution in [3.05, 3.63) is 35.9 Å². The zero-order chi connectivity index (χ0) is 18.1. The molecule has 8 heteroatoms. The van der Waals surface area contributed by atoms with Crippen molar-refractivity contribution in [2.75, 3.05) is 58.7 Å². The van der Waals surface area contributed by atoms with Gasteiger partial charge in [0.05, 0.1) is 26.0 Å². The highest BCUT2D eigenvalue weighted by atomic mass is 32.2. The van der Waals surface area contributed by atoms with Crippen molar-refractivity contribution in [2.45, 2.75) is 6.42 Å². The third-order valence-corrected chi connectivity index (χ3v) is 5.39. The van der Waals surface area contributed by atoms with Gasteiger partial charge in [-0.2, -0.15) is 4.31 Å². The minimum atomic E-state index is -3.43. The van der Waals surface area contributed by atoms with Gasteiger partial charge < -0.3 is 10.1 Å². The summed E-state index contributed by atoms with van der Waals surface area (Å²) in [6.45, 7) is 4.57. The Hall–Kier alpha value is -1.48. The van der Waals surface area contributed by atoms with Gasteiger partial charge in [0, 0.05) is 32.7 Å². The molecule has 1 aromatic rings. The first-order valence-electron chi connectivity index (χ1n) is 8.51. The van der Waals surface area contributed by atoms with E-state index in [0.717, 1.165) is 44.7 Å². The third kappa shape index (κ3) is 7.52. The van der Waals surface area contributed by atoms with Gasteiger partial charge >= 0.3 is 0 Å². The number of sulfonamides is 1. The summed E-state index contributed by atoms with van der Waals surface area (Å²) in [5, 5.41) is 2.80. The molecule has 1 heterocycles. The quantitative estimate of drug-likeness (QED) is 0.660. The topological polar surface area (TPSA) is 79.0 Å². The average Bonchev–Trinajstić information content (AvgIpc) is 2.59. The van der Waals surface area contributed by atoms with Crippen molar-refractivity contribution < 1.29 is 17.9 Å². The van der Waals surface area contributed by atoms with Gasteiger partial charge in [-0.1, -0.05) is 30.3 Å². The Labute approximate surface area is 150 Å². The lowest BCUT2D eigenvalue weighted by Gasteiger charge is -2.26. The van der Waals surface area contributed by atoms with Crippen LogP contribution in [0.15, 0.2) is 30.3 Å². The number of hydrogen-bond donors (Lipinski definition) is 1. The summed E-state index contributed by atoms with van der Waals surface area (Å²) in [6, 6.07) is 9.64. The molecule has 0 radical (unpaired) electrons. The van der Waals surface area contributed by atoms with Gasteiger partial charge in [0.25, 0.3) is 0 Å². The highest BCUT2D eigenvalue weighted by Gasteiger charge is 2.20. The van der Waals surface area contributed by atoms with E-state index in [9.17, 15) is 13.2 Å². The number of ether oxygens (including phenoxy) is 1. The van der Waals surface area contributed by atoms with Crippen molar-refractivity contribution >= 4 is 15.9 Å². The van der Waals surface area contributed by atoms with E-state index in [-0.39, 0.29) is 12.5 Å². The van der Waals surface area contributed by atoms with Crippen LogP contribution in [0.1, 0.15) is 5.56 Å². The SMILES string of the molecule is CS(=O)(=O)N(CCc1ccccc1)CC(=O)NCCN1CCOCC1. The molecule has 1 aliphatic heterocycles. The van der Waals surface area contributed by atoms with Gasteiger partial charge in [-0.05, 0) is 12.0 Å². The summed E-state index contributed by atoms with van der Waals surface area (Å²) < 4.78 is 30.4. The largest absolute Gasteiger partial charge is 0.379 e. The predicted molar refractivity (Wildman–Crippen MR) is 96.8 cm³/mol. The number of nitrogens with zero attached hydrogens (tertiary/aromatic N) is 2. The lowest BCUT2D eigenvalue weighted by molar-refractivity contribution is -0.121. The molecule has 1 saturated heterocycles. The van der Waals surface area contributed by atoms with Crippen LogP contribution < -0.4 is 5.32 Å². The van der Waals surface area contributed by atoms with Gasteiger partial charge in [0.15, 0.2) is 0 Å². The second-order valence-corrected chi connectivity index (χ2v) is 8.12. The Morgan fingerprint density at radius 3 is 2.56 bits per heavy atom. The Bertz CT molecular complexity index is 631. The van der Waals surface area contributed by atoms with E-state index in [1.54, 1.807) is 0 Å². The van der Waals surface area contributed by atoms with Crippen LogP contribution >= 0.6 is 0 Å². The molecule has 0 bridgehead atoms. The van der Waals surface area contributed by atoms with Crippen molar-refractivity contribution in [1.82, 2.24) is 14.5 Å². The van der Waals surface area contributed by atoms with Crippen LogP contribution in [0.5, 0.6) is 0 Å². The number of rotatable bonds is 9. The molecule has 7 nitrogen and oxygen atoms in total. The fourth-order valence-electron chi connectivity index (χ4n) is 2.65. The van der Waals surface area contributed by atoms with E-state index in [4.69, 9.17) is 4.74 Å². The Morgan fingerprint density at radius 1 is 1.24 bits per heavy atom. The van der Waals surface area contributed by atoms with E-state index in [1.807, 2.05) is 30.3 Å². The number of carbonyl (C=O) groups excluding carboxylic acids is 1. The minimum Gasteiger partial charge on any atom is -0.379 e. The van der Waals surface area contributed by atoms with E-state index < -0.39 is 10.0 Å². The zero-order valence-electron chi connectivity index (χ0n) is 14.7. The molecule has 0 spiro atoms. The number of morpholine rings is 1. The molecule has 1 fully saturated rings. The molecule has 1 aliphatic rings. The summed E-state index contributed by atoms with van der Waals surface area (Å²) in [7, 11) is -3.43. The maximum absolute atomic E-state index is 12.1. The van der Waals surface area contributed by atoms with Gasteiger partial charge in [-0.3, -0.25) is 9.69 Å². The Kier molecular flexibility index (Phi) is 7.83. The molecule has 0 aromatic heterocycles. The van der Waals surface area contributed by atoms with Crippen LogP contribution in [0.25, 0.3) is 0 Å². The highest BCUT2D eigenvalue weighted by Crippen LogP contribution is 2.04. The molecule has 0 aliphatic carbocycles. The summed E-state index contributed by atoms with van der Waals surface area (Å²) in [6.07, 6.45) is 1.72. The van der Waals surface area contributed by atoms with Crippen LogP contribution in [0.3, 0.4) is 0 Å². The summed E-state index contributed by atoms with van der Waals surface area (Å²) >= 11 is 0. The number of amides is 1. The van der Waals surface area contributed by atoms with Crippen molar-refractivity contribution in [3.8, 4) is 0 Å². The lowest BCUT2D eigenvalue weighted by Crippen LogP contribution is -2.45. The summed E-state index contributed by atoms with van der Waals surface area (Å²) in [4.78, 5) is 14.3. The van der Waals surface area contributed by atoms with E-state index in [0.29, 0.717) is 19.5 Å². The van der Waals surface area contributed by atoms with Gasteiger partial charge in [0.2, 0.25) is 15.9 Å². The number of nitrogens with one attached hydrogen (secondary N) is 1. The monoisotopic (exact) mass is 369 g/mol. The third-order valence-electron chi connectivity index (χ3n) is 4.14. The fourth-order valence-corrected chi connectivity index (χ4v) is 3.43. The number of carbonyl (C=O) groups is 1. The van der Waals surface area contributed by atoms with E-state index in [2.05, 4.69) is 10.2 Å². The predicted octanol–water partition coefficient (Wildman–Crippen LogP) is -0.0609. The number of benzene rings is 1. The standard InChI is InChI=1S/C17H27N3O4S/c1-25(22,23)20(9-7-16-5-3-2-4-6-16)15-17(21)18-8-10-19-11-13-24-14-12-19/h2-6H,7-15H2,1H3,(H,18,21). The van der Waals surface area contributed by atoms with Crippen molar-refractivity contribution in [2.24, 2.45) is 0 Å². The summed E-state index contributed by atoms with van der Waals surface area (Å²) in [5.41, 5.74) is 1.05. The molecule has 0 atom stereocenters. The minimum absolute atomic E-state index is 0.144. The normalized spacial score (nSPS) is 16.1. The van der Waals surface area contributed by atoms with Crippen LogP contribution in [-0.4, -0.2) is 82.3 Å². The van der Waals surface area contributed by atoms with Crippen molar-refractivity contribution in [3.63, 3.8) is 0 Å². The van der Waals surface area contributed by atoms with Crippen LogP contribution in [0.4, 0.5) is 0 Å². The first-order valence-corrected chi connectivity index (χ1v) is 10.4. The molecule has 1 amide bonds. The van der Waals surface area contributed by atoms with Crippen molar-refractivity contribution in [1.29, 1.82) is 0 Å². The first-order chi connectivity index (χ1) is 11.9. The first kappa shape index (κ1) is 19.8.